The van der Waals surface area contributed by atoms with Crippen LogP contribution in [0.1, 0.15) is 140 Å². The van der Waals surface area contributed by atoms with Gasteiger partial charge in [0.2, 0.25) is 17.7 Å². The van der Waals surface area contributed by atoms with Gasteiger partial charge in [-0.25, -0.2) is 19.8 Å². The van der Waals surface area contributed by atoms with Gasteiger partial charge in [0.25, 0.3) is 5.91 Å². The van der Waals surface area contributed by atoms with E-state index in [0.717, 1.165) is 38.5 Å². The minimum atomic E-state index is -1.13. The molecule has 1 aromatic heterocycles. The number of aryl methyl sites for hydroxylation is 1. The van der Waals surface area contributed by atoms with E-state index in [4.69, 9.17) is 14.2 Å². The topological polar surface area (TPSA) is 168 Å². The van der Waals surface area contributed by atoms with E-state index in [0.29, 0.717) is 44.5 Å². The Labute approximate surface area is 390 Å². The van der Waals surface area contributed by atoms with Gasteiger partial charge in [0.15, 0.2) is 0 Å². The molecule has 0 spiro atoms. The molecule has 4 atom stereocenters. The molecular weight excluding hydrogens is 851 g/mol. The summed E-state index contributed by atoms with van der Waals surface area (Å²) in [5.74, 6) is -0.599. The standard InChI is InChI=1S/C40H57N5O8S.C7H18S.C2H6/c1-8-9-10-11-12-13-14-26-21-40(26,37(49)44-54-28-15-16-28)43-36(48)30-19-27(23-45(30)34(47)22-41-38(50)53-39(5,6)7)52-32-20-33(51-24(2)3)42-35-25(4)31(46)18-17-29(32)35;1-7(2,3)8(4,5)6;1-2/h13-14,17-18,20,24,26-28,30,46H,8-12,15-16,19,21-23H2,1-7H3,(H,41,50)(H,43,48)(H,44,49);1-6H3;1-2H3/b14-13-;;/t26?,27-,30+,40-;;/m1../s1. The summed E-state index contributed by atoms with van der Waals surface area (Å²) in [6.45, 7) is 23.4. The van der Waals surface area contributed by atoms with Gasteiger partial charge in [-0.2, -0.15) is 0 Å². The molecule has 0 radical (unpaired) electrons. The van der Waals surface area contributed by atoms with Crippen LogP contribution in [0.25, 0.3) is 10.9 Å². The number of nitrogens with zero attached hydrogens (tertiary/aromatic N) is 2. The summed E-state index contributed by atoms with van der Waals surface area (Å²) in [5, 5.41) is 17.0. The Morgan fingerprint density at radius 3 is 2.28 bits per heavy atom. The highest BCUT2D eigenvalue weighted by atomic mass is 32.3. The van der Waals surface area contributed by atoms with Gasteiger partial charge in [-0.05, 0) is 121 Å². The fraction of sp³-hybridized carbons (Fsp3) is 0.694. The third-order valence-corrected chi connectivity index (χ3v) is 16.3. The number of benzene rings is 1. The third-order valence-electron chi connectivity index (χ3n) is 11.5. The lowest BCUT2D eigenvalue weighted by Crippen LogP contribution is -2.55. The van der Waals surface area contributed by atoms with Crippen LogP contribution in [0.15, 0.2) is 30.4 Å². The zero-order valence-electron chi connectivity index (χ0n) is 41.6. The number of carbonyl (C=O) groups excluding carboxylic acids is 4. The second-order valence-corrected chi connectivity index (χ2v) is 25.9. The van der Waals surface area contributed by atoms with Crippen molar-refractivity contribution in [1.29, 1.82) is 0 Å². The van der Waals surface area contributed by atoms with E-state index < -0.39 is 47.7 Å². The first-order valence-electron chi connectivity index (χ1n) is 23.2. The maximum absolute atomic E-state index is 14.3. The average molecular weight is 932 g/mol. The normalized spacial score (nSPS) is 21.0. The van der Waals surface area contributed by atoms with Crippen LogP contribution in [0.3, 0.4) is 0 Å². The smallest absolute Gasteiger partial charge is 0.408 e. The summed E-state index contributed by atoms with van der Waals surface area (Å²) in [7, 11) is -0.340. The zero-order valence-corrected chi connectivity index (χ0v) is 43.2. The average Bonchev–Trinajstić information content (AvgIpc) is 4.11. The number of unbranched alkanes of at least 4 members (excludes halogenated alkanes) is 4. The number of hydrogen-bond donors (Lipinski definition) is 4. The number of amides is 4. The highest BCUT2D eigenvalue weighted by Gasteiger charge is 2.61. The number of phenols is 1. The minimum Gasteiger partial charge on any atom is -0.508 e. The lowest BCUT2D eigenvalue weighted by Gasteiger charge is -2.40. The first-order valence-corrected chi connectivity index (χ1v) is 26.9. The van der Waals surface area contributed by atoms with Gasteiger partial charge < -0.3 is 34.9 Å². The Balaban J connectivity index is 0.000000980. The molecule has 2 aromatic rings. The van der Waals surface area contributed by atoms with Crippen molar-refractivity contribution in [3.63, 3.8) is 0 Å². The molecule has 4 amide bonds. The summed E-state index contributed by atoms with van der Waals surface area (Å²) in [4.78, 5) is 60.3. The summed E-state index contributed by atoms with van der Waals surface area (Å²) in [6, 6.07) is 3.95. The maximum atomic E-state index is 14.3. The van der Waals surface area contributed by atoms with Crippen LogP contribution in [-0.4, -0.2) is 110 Å². The van der Waals surface area contributed by atoms with E-state index in [1.54, 1.807) is 45.9 Å². The molecule has 4 N–H and O–H groups in total. The van der Waals surface area contributed by atoms with E-state index in [1.165, 1.54) is 23.3 Å². The number of hydrogen-bond acceptors (Lipinski definition) is 10. The molecule has 1 unspecified atom stereocenters. The highest BCUT2D eigenvalue weighted by molar-refractivity contribution is 8.33. The summed E-state index contributed by atoms with van der Waals surface area (Å²) in [6.07, 6.45) is 17.7. The van der Waals surface area contributed by atoms with Gasteiger partial charge in [0.05, 0.1) is 18.2 Å². The number of allylic oxidation sites excluding steroid dienone is 1. The Hall–Kier alpha value is -3.85. The molecule has 2 heterocycles. The van der Waals surface area contributed by atoms with Crippen LogP contribution < -0.4 is 24.8 Å². The molecule has 2 saturated carbocycles. The number of ether oxygens (including phenoxy) is 3. The summed E-state index contributed by atoms with van der Waals surface area (Å²) >= 11 is 1.40. The molecule has 2 aliphatic carbocycles. The first kappa shape index (κ1) is 54.5. The lowest BCUT2D eigenvalue weighted by atomic mass is 10.1. The molecule has 0 bridgehead atoms. The van der Waals surface area contributed by atoms with Crippen molar-refractivity contribution in [3.05, 3.63) is 35.9 Å². The van der Waals surface area contributed by atoms with E-state index in [1.807, 2.05) is 33.8 Å². The van der Waals surface area contributed by atoms with E-state index in [9.17, 15) is 24.3 Å². The second-order valence-electron chi connectivity index (χ2n) is 19.9. The number of nitrogens with one attached hydrogen (secondary N) is 3. The minimum absolute atomic E-state index is 0.0337. The molecule has 13 nitrogen and oxygen atoms in total. The van der Waals surface area contributed by atoms with E-state index in [-0.39, 0.29) is 46.7 Å². The zero-order chi connectivity index (χ0) is 48.2. The largest absolute Gasteiger partial charge is 0.508 e. The molecule has 5 rings (SSSR count). The Morgan fingerprint density at radius 2 is 1.70 bits per heavy atom. The fourth-order valence-corrected chi connectivity index (χ4v) is 7.39. The number of carbonyl (C=O) groups is 4. The highest BCUT2D eigenvalue weighted by Crippen LogP contribution is 2.49. The van der Waals surface area contributed by atoms with Gasteiger partial charge in [-0.1, -0.05) is 73.0 Å². The van der Waals surface area contributed by atoms with Gasteiger partial charge >= 0.3 is 6.09 Å². The number of aromatic hydroxyl groups is 1. The van der Waals surface area contributed by atoms with Crippen LogP contribution in [0, 0.1) is 12.8 Å². The molecule has 3 fully saturated rings. The Kier molecular flexibility index (Phi) is 20.1. The SMILES string of the molecule is CC.CC(C)(C)S(C)(C)C.CCCCCC/C=C\C1C[C@]1(NC(=O)[C@@H]1C[C@@H](Oc2cc(OC(C)C)nc3c(C)c(O)ccc23)CN1C(=O)CNC(=O)OC(C)(C)C)C(=O)NSC1CC1. The van der Waals surface area contributed by atoms with Crippen molar-refractivity contribution in [2.75, 3.05) is 31.9 Å². The van der Waals surface area contributed by atoms with Crippen molar-refractivity contribution in [2.45, 2.75) is 180 Å². The number of pyridine rings is 1. The van der Waals surface area contributed by atoms with Crippen LogP contribution in [0.5, 0.6) is 17.4 Å². The van der Waals surface area contributed by atoms with E-state index >= 15 is 0 Å². The number of fused-ring (bicyclic) bond motifs is 1. The molecule has 1 aliphatic heterocycles. The number of likely N-dealkylation sites (tertiary alicyclic amines) is 1. The van der Waals surface area contributed by atoms with Crippen LogP contribution >= 0.6 is 22.0 Å². The predicted octanol–water partition coefficient (Wildman–Crippen LogP) is 9.74. The van der Waals surface area contributed by atoms with Crippen LogP contribution in [0.2, 0.25) is 0 Å². The van der Waals surface area contributed by atoms with Gasteiger partial charge in [-0.3, -0.25) is 19.1 Å². The maximum Gasteiger partial charge on any atom is 0.408 e. The Morgan fingerprint density at radius 1 is 1.05 bits per heavy atom. The van der Waals surface area contributed by atoms with Gasteiger partial charge in [0, 0.05) is 34.6 Å². The van der Waals surface area contributed by atoms with Crippen LogP contribution in [-0.2, 0) is 19.1 Å². The molecule has 362 valence electrons. The fourth-order valence-electron chi connectivity index (χ4n) is 6.56. The van der Waals surface area contributed by atoms with Crippen molar-refractivity contribution in [1.82, 2.24) is 25.2 Å². The second kappa shape index (κ2) is 23.6. The first-order chi connectivity index (χ1) is 29.8. The Bertz CT molecular complexity index is 1910. The predicted molar refractivity (Wildman–Crippen MR) is 265 cm³/mol. The van der Waals surface area contributed by atoms with Gasteiger partial charge in [-0.15, -0.1) is 0 Å². The van der Waals surface area contributed by atoms with Crippen molar-refractivity contribution < 1.29 is 38.5 Å². The molecule has 64 heavy (non-hydrogen) atoms. The molecule has 15 heteroatoms. The van der Waals surface area contributed by atoms with Crippen molar-refractivity contribution in [2.24, 2.45) is 5.92 Å². The molecule has 1 aromatic carbocycles. The van der Waals surface area contributed by atoms with Crippen molar-refractivity contribution in [3.8, 4) is 17.4 Å². The molecule has 1 saturated heterocycles. The monoisotopic (exact) mass is 932 g/mol. The number of rotatable bonds is 17. The van der Waals surface area contributed by atoms with Crippen molar-refractivity contribution >= 4 is 56.7 Å². The number of aromatic nitrogens is 1. The molecular formula is C49H81N5O8S2. The number of alkyl carbamates (subject to hydrolysis) is 1. The lowest BCUT2D eigenvalue weighted by molar-refractivity contribution is -0.139. The summed E-state index contributed by atoms with van der Waals surface area (Å²) in [5.41, 5.74) is -0.844. The van der Waals surface area contributed by atoms with Crippen LogP contribution in [0.4, 0.5) is 4.79 Å². The molecule has 3 aliphatic rings. The van der Waals surface area contributed by atoms with Gasteiger partial charge in [0.1, 0.15) is 41.3 Å². The van der Waals surface area contributed by atoms with E-state index in [2.05, 4.69) is 72.9 Å². The number of phenolic OH excluding ortho intramolecular Hbond substituents is 1. The third kappa shape index (κ3) is 16.2. The quantitative estimate of drug-likeness (QED) is 0.0681. The summed E-state index contributed by atoms with van der Waals surface area (Å²) < 4.78 is 21.3.